The number of thioether (sulfide) groups is 1. The van der Waals surface area contributed by atoms with Crippen molar-refractivity contribution in [1.29, 1.82) is 0 Å². The minimum atomic E-state index is -0.569. The smallest absolute Gasteiger partial charge is 0.306 e. The molecule has 4 nitrogen and oxygen atoms in total. The van der Waals surface area contributed by atoms with Gasteiger partial charge in [-0.05, 0) is 12.8 Å². The molecule has 0 rings (SSSR count). The lowest BCUT2D eigenvalue weighted by Gasteiger charge is -2.14. The lowest BCUT2D eigenvalue weighted by Crippen LogP contribution is -2.25. The largest absolute Gasteiger partial charge is 0.459 e. The minimum absolute atomic E-state index is 0.134. The molecule has 166 valence electrons. The molecule has 0 aromatic carbocycles. The molecular weight excluding hydrogens is 372 g/mol. The van der Waals surface area contributed by atoms with Crippen molar-refractivity contribution in [2.75, 3.05) is 12.4 Å². The standard InChI is InChI=1S/C23H44O4S/c1-3-5-7-9-11-13-15-17-22(25)27-21(19-24)20-28-23(26)18-16-14-12-10-8-6-4-2/h21,24H,3-20H2,1-2H3/t21-/m0/s1. The van der Waals surface area contributed by atoms with E-state index < -0.39 is 6.10 Å². The highest BCUT2D eigenvalue weighted by atomic mass is 32.2. The monoisotopic (exact) mass is 416 g/mol. The Morgan fingerprint density at radius 1 is 0.750 bits per heavy atom. The fourth-order valence-corrected chi connectivity index (χ4v) is 3.91. The first-order chi connectivity index (χ1) is 13.6. The second-order valence-corrected chi connectivity index (χ2v) is 8.80. The fourth-order valence-electron chi connectivity index (χ4n) is 3.08. The number of unbranched alkanes of at least 4 members (excludes halogenated alkanes) is 12. The summed E-state index contributed by atoms with van der Waals surface area (Å²) in [5.74, 6) is 0.0990. The van der Waals surface area contributed by atoms with Crippen LogP contribution in [0.3, 0.4) is 0 Å². The number of rotatable bonds is 20. The number of esters is 1. The van der Waals surface area contributed by atoms with Gasteiger partial charge in [-0.3, -0.25) is 9.59 Å². The van der Waals surface area contributed by atoms with Crippen LogP contribution in [0.25, 0.3) is 0 Å². The van der Waals surface area contributed by atoms with Crippen LogP contribution in [0.5, 0.6) is 0 Å². The summed E-state index contributed by atoms with van der Waals surface area (Å²) in [7, 11) is 0. The fraction of sp³-hybridized carbons (Fsp3) is 0.913. The molecule has 0 bridgehead atoms. The topological polar surface area (TPSA) is 63.6 Å². The Morgan fingerprint density at radius 2 is 1.21 bits per heavy atom. The maximum Gasteiger partial charge on any atom is 0.306 e. The van der Waals surface area contributed by atoms with Crippen molar-refractivity contribution in [3.63, 3.8) is 0 Å². The van der Waals surface area contributed by atoms with Crippen LogP contribution in [0.15, 0.2) is 0 Å². The molecule has 0 saturated heterocycles. The Morgan fingerprint density at radius 3 is 1.71 bits per heavy atom. The van der Waals surface area contributed by atoms with Crippen molar-refractivity contribution in [3.8, 4) is 0 Å². The summed E-state index contributed by atoms with van der Waals surface area (Å²) >= 11 is 1.19. The third kappa shape index (κ3) is 18.8. The predicted octanol–water partition coefficient (Wildman–Crippen LogP) is 6.43. The van der Waals surface area contributed by atoms with Gasteiger partial charge < -0.3 is 9.84 Å². The molecule has 0 spiro atoms. The van der Waals surface area contributed by atoms with Gasteiger partial charge in [-0.25, -0.2) is 0 Å². The summed E-state index contributed by atoms with van der Waals surface area (Å²) < 4.78 is 5.31. The van der Waals surface area contributed by atoms with E-state index in [0.29, 0.717) is 18.6 Å². The molecule has 0 fully saturated rings. The van der Waals surface area contributed by atoms with Crippen molar-refractivity contribution >= 4 is 22.8 Å². The molecule has 0 heterocycles. The van der Waals surface area contributed by atoms with Gasteiger partial charge in [-0.1, -0.05) is 103 Å². The maximum atomic E-state index is 11.9. The zero-order valence-electron chi connectivity index (χ0n) is 18.4. The van der Waals surface area contributed by atoms with Gasteiger partial charge in [0.2, 0.25) is 0 Å². The average Bonchev–Trinajstić information content (AvgIpc) is 2.69. The van der Waals surface area contributed by atoms with Gasteiger partial charge >= 0.3 is 5.97 Å². The molecule has 1 atom stereocenters. The van der Waals surface area contributed by atoms with Crippen LogP contribution >= 0.6 is 11.8 Å². The molecule has 28 heavy (non-hydrogen) atoms. The molecule has 0 unspecified atom stereocenters. The molecule has 5 heteroatoms. The average molecular weight is 417 g/mol. The van der Waals surface area contributed by atoms with Crippen molar-refractivity contribution in [2.24, 2.45) is 0 Å². The first-order valence-electron chi connectivity index (χ1n) is 11.6. The molecule has 0 saturated carbocycles. The van der Waals surface area contributed by atoms with Gasteiger partial charge in [-0.15, -0.1) is 0 Å². The van der Waals surface area contributed by atoms with E-state index in [-0.39, 0.29) is 17.7 Å². The number of aliphatic hydroxyl groups excluding tert-OH is 1. The zero-order valence-corrected chi connectivity index (χ0v) is 19.2. The first kappa shape index (κ1) is 27.5. The van der Waals surface area contributed by atoms with Gasteiger partial charge in [0.15, 0.2) is 5.12 Å². The third-order valence-electron chi connectivity index (χ3n) is 4.90. The Labute approximate surface area is 177 Å². The highest BCUT2D eigenvalue weighted by Crippen LogP contribution is 2.15. The van der Waals surface area contributed by atoms with Crippen molar-refractivity contribution in [1.82, 2.24) is 0 Å². The number of aliphatic hydroxyl groups is 1. The number of carbonyl (C=O) groups excluding carboxylic acids is 2. The van der Waals surface area contributed by atoms with Crippen molar-refractivity contribution in [2.45, 2.75) is 123 Å². The molecule has 0 aromatic rings. The molecule has 0 amide bonds. The van der Waals surface area contributed by atoms with Crippen LogP contribution in [0.4, 0.5) is 0 Å². The summed E-state index contributed by atoms with van der Waals surface area (Å²) in [4.78, 5) is 23.8. The summed E-state index contributed by atoms with van der Waals surface area (Å²) in [5, 5.41) is 9.53. The number of ether oxygens (including phenoxy) is 1. The Kier molecular flexibility index (Phi) is 20.8. The molecule has 0 aliphatic heterocycles. The van der Waals surface area contributed by atoms with Gasteiger partial charge in [0.05, 0.1) is 6.61 Å². The van der Waals surface area contributed by atoms with Crippen LogP contribution < -0.4 is 0 Å². The van der Waals surface area contributed by atoms with E-state index >= 15 is 0 Å². The summed E-state index contributed by atoms with van der Waals surface area (Å²) in [5.41, 5.74) is 0. The van der Waals surface area contributed by atoms with E-state index in [4.69, 9.17) is 4.74 Å². The van der Waals surface area contributed by atoms with E-state index in [2.05, 4.69) is 13.8 Å². The van der Waals surface area contributed by atoms with Gasteiger partial charge in [0.25, 0.3) is 0 Å². The van der Waals surface area contributed by atoms with Crippen LogP contribution in [-0.4, -0.2) is 34.7 Å². The van der Waals surface area contributed by atoms with Crippen molar-refractivity contribution in [3.05, 3.63) is 0 Å². The molecule has 0 aromatic heterocycles. The van der Waals surface area contributed by atoms with E-state index in [1.54, 1.807) is 0 Å². The summed E-state index contributed by atoms with van der Waals surface area (Å²) in [6, 6.07) is 0. The Bertz CT molecular complexity index is 374. The first-order valence-corrected chi connectivity index (χ1v) is 12.6. The van der Waals surface area contributed by atoms with E-state index in [1.807, 2.05) is 0 Å². The van der Waals surface area contributed by atoms with Gasteiger partial charge in [-0.2, -0.15) is 0 Å². The molecule has 0 aliphatic rings. The summed E-state index contributed by atoms with van der Waals surface area (Å²) in [6.45, 7) is 4.19. The molecule has 0 aliphatic carbocycles. The van der Waals surface area contributed by atoms with Gasteiger partial charge in [0.1, 0.15) is 6.10 Å². The Hall–Kier alpha value is -0.550. The van der Waals surface area contributed by atoms with Crippen molar-refractivity contribution < 1.29 is 19.4 Å². The zero-order chi connectivity index (χ0) is 20.9. The van der Waals surface area contributed by atoms with Gasteiger partial charge in [0, 0.05) is 18.6 Å². The van der Waals surface area contributed by atoms with Crippen LogP contribution in [0, 0.1) is 0 Å². The predicted molar refractivity (Wildman–Crippen MR) is 120 cm³/mol. The quantitative estimate of drug-likeness (QED) is 0.183. The number of hydrogen-bond donors (Lipinski definition) is 1. The number of hydrogen-bond acceptors (Lipinski definition) is 5. The van der Waals surface area contributed by atoms with Crippen LogP contribution in [-0.2, 0) is 14.3 Å². The SMILES string of the molecule is CCCCCCCCCC(=O)O[C@@H](CO)CSC(=O)CCCCCCCCC. The highest BCUT2D eigenvalue weighted by Gasteiger charge is 2.15. The van der Waals surface area contributed by atoms with Crippen LogP contribution in [0.2, 0.25) is 0 Å². The normalized spacial score (nSPS) is 12.1. The highest BCUT2D eigenvalue weighted by molar-refractivity contribution is 8.13. The molecule has 0 radical (unpaired) electrons. The minimum Gasteiger partial charge on any atom is -0.459 e. The van der Waals surface area contributed by atoms with E-state index in [1.165, 1.54) is 76.0 Å². The number of carbonyl (C=O) groups is 2. The Balaban J connectivity index is 3.67. The third-order valence-corrected chi connectivity index (χ3v) is 5.97. The second kappa shape index (κ2) is 21.2. The second-order valence-electron chi connectivity index (χ2n) is 7.72. The summed E-state index contributed by atoms with van der Waals surface area (Å²) in [6.07, 6.45) is 16.9. The lowest BCUT2D eigenvalue weighted by molar-refractivity contribution is -0.149. The molecule has 1 N–H and O–H groups in total. The van der Waals surface area contributed by atoms with Crippen LogP contribution in [0.1, 0.15) is 117 Å². The van der Waals surface area contributed by atoms with E-state index in [0.717, 1.165) is 25.7 Å². The lowest BCUT2D eigenvalue weighted by atomic mass is 10.1. The molecular formula is C23H44O4S. The van der Waals surface area contributed by atoms with E-state index in [9.17, 15) is 14.7 Å². The maximum absolute atomic E-state index is 11.9.